The molecule has 1 saturated heterocycles. The van der Waals surface area contributed by atoms with Crippen molar-refractivity contribution in [3.63, 3.8) is 0 Å². The van der Waals surface area contributed by atoms with Gasteiger partial charge in [0, 0.05) is 23.4 Å². The van der Waals surface area contributed by atoms with Crippen LogP contribution in [0.2, 0.25) is 0 Å². The van der Waals surface area contributed by atoms with Crippen molar-refractivity contribution in [2.75, 3.05) is 20.3 Å². The van der Waals surface area contributed by atoms with Crippen LogP contribution >= 0.6 is 7.82 Å². The Morgan fingerprint density at radius 1 is 1.15 bits per heavy atom. The molecular formula is C24H31N4Na2O9P. The molecule has 40 heavy (non-hydrogen) atoms. The second kappa shape index (κ2) is 16.4. The van der Waals surface area contributed by atoms with E-state index in [1.165, 1.54) is 7.11 Å². The number of benzene rings is 1. The number of carbonyl (C=O) groups is 4. The van der Waals surface area contributed by atoms with Crippen molar-refractivity contribution in [1.82, 2.24) is 20.9 Å². The number of aromatic amines is 1. The predicted molar refractivity (Wildman–Crippen MR) is 132 cm³/mol. The Bertz CT molecular complexity index is 1250. The SMILES string of the molecule is COc1cccc2[nH]c(C(=O)NC(CC(C)C)C(=O)NC(C[C@@H]3CCNC3=O)C(=O)COP(=O)([O-])[O-])cc12.[Na+].[Na+]. The summed E-state index contributed by atoms with van der Waals surface area (Å²) < 4.78 is 20.3. The number of Topliss-reactive ketones (excluding diaryl/α,β-unsaturated/α-hetero) is 1. The number of fused-ring (bicyclic) bond motifs is 1. The molecule has 13 nitrogen and oxygen atoms in total. The molecule has 4 N–H and O–H groups in total. The normalized spacial score (nSPS) is 16.4. The maximum atomic E-state index is 13.3. The summed E-state index contributed by atoms with van der Waals surface area (Å²) in [6.45, 7) is 3.01. The number of nitrogens with one attached hydrogen (secondary N) is 4. The number of phosphoric ester groups is 1. The molecule has 2 unspecified atom stereocenters. The average Bonchev–Trinajstić information content (AvgIpc) is 3.46. The van der Waals surface area contributed by atoms with Crippen LogP contribution in [-0.4, -0.2) is 60.8 Å². The van der Waals surface area contributed by atoms with E-state index in [1.807, 2.05) is 13.8 Å². The summed E-state index contributed by atoms with van der Waals surface area (Å²) in [6, 6.07) is 4.50. The van der Waals surface area contributed by atoms with Crippen LogP contribution in [0.15, 0.2) is 24.3 Å². The van der Waals surface area contributed by atoms with Gasteiger partial charge in [-0.15, -0.1) is 0 Å². The largest absolute Gasteiger partial charge is 1.00 e. The number of ether oxygens (including phenoxy) is 1. The maximum Gasteiger partial charge on any atom is 1.00 e. The van der Waals surface area contributed by atoms with Gasteiger partial charge in [-0.2, -0.15) is 0 Å². The maximum absolute atomic E-state index is 13.3. The third-order valence-corrected chi connectivity index (χ3v) is 6.62. The first kappa shape index (κ1) is 36.8. The molecule has 3 amide bonds. The molecule has 2 heterocycles. The number of ketones is 1. The third-order valence-electron chi connectivity index (χ3n) is 6.17. The Labute approximate surface area is 276 Å². The molecule has 0 saturated carbocycles. The minimum atomic E-state index is -5.43. The van der Waals surface area contributed by atoms with Crippen LogP contribution in [-0.2, 0) is 23.5 Å². The van der Waals surface area contributed by atoms with E-state index in [9.17, 15) is 33.5 Å². The molecule has 1 aliphatic heterocycles. The number of hydrogen-bond donors (Lipinski definition) is 4. The number of hydrogen-bond acceptors (Lipinski definition) is 9. The number of H-pyrrole nitrogens is 1. The fourth-order valence-corrected chi connectivity index (χ4v) is 4.59. The Morgan fingerprint density at radius 3 is 2.42 bits per heavy atom. The van der Waals surface area contributed by atoms with Gasteiger partial charge >= 0.3 is 59.1 Å². The zero-order chi connectivity index (χ0) is 28.0. The number of rotatable bonds is 13. The summed E-state index contributed by atoms with van der Waals surface area (Å²) in [7, 11) is -3.92. The quantitative estimate of drug-likeness (QED) is 0.128. The molecule has 0 radical (unpaired) electrons. The molecule has 3 atom stereocenters. The van der Waals surface area contributed by atoms with Crippen LogP contribution < -0.4 is 89.6 Å². The summed E-state index contributed by atoms with van der Waals surface area (Å²) in [4.78, 5) is 75.8. The summed E-state index contributed by atoms with van der Waals surface area (Å²) in [6.07, 6.45) is 0.516. The Kier molecular flexibility index (Phi) is 15.1. The molecule has 1 aliphatic rings. The topological polar surface area (TPSA) is 202 Å². The van der Waals surface area contributed by atoms with Crippen molar-refractivity contribution >= 4 is 42.2 Å². The number of phosphoric acid groups is 1. The van der Waals surface area contributed by atoms with E-state index in [2.05, 4.69) is 25.5 Å². The number of methoxy groups -OCH3 is 1. The second-order valence-electron chi connectivity index (χ2n) is 9.52. The van der Waals surface area contributed by atoms with Crippen LogP contribution in [0.4, 0.5) is 0 Å². The van der Waals surface area contributed by atoms with Gasteiger partial charge in [-0.1, -0.05) is 19.9 Å². The zero-order valence-electron chi connectivity index (χ0n) is 23.3. The van der Waals surface area contributed by atoms with Gasteiger partial charge in [0.05, 0.1) is 21.0 Å². The molecule has 2 aromatic rings. The van der Waals surface area contributed by atoms with Gasteiger partial charge in [-0.25, -0.2) is 0 Å². The summed E-state index contributed by atoms with van der Waals surface area (Å²) in [5.74, 6) is -2.53. The van der Waals surface area contributed by atoms with E-state index >= 15 is 0 Å². The molecule has 0 aliphatic carbocycles. The Morgan fingerprint density at radius 2 is 1.85 bits per heavy atom. The van der Waals surface area contributed by atoms with Crippen molar-refractivity contribution in [3.8, 4) is 5.75 Å². The molecule has 1 fully saturated rings. The fraction of sp³-hybridized carbons (Fsp3) is 0.500. The van der Waals surface area contributed by atoms with Gasteiger partial charge in [0.15, 0.2) is 5.78 Å². The van der Waals surface area contributed by atoms with Gasteiger partial charge in [0.2, 0.25) is 11.8 Å². The van der Waals surface area contributed by atoms with Crippen molar-refractivity contribution < 1.29 is 102 Å². The number of amides is 3. The molecule has 0 spiro atoms. The third kappa shape index (κ3) is 10.5. The number of aromatic nitrogens is 1. The molecule has 16 heteroatoms. The van der Waals surface area contributed by atoms with Crippen LogP contribution in [0.25, 0.3) is 10.9 Å². The minimum Gasteiger partial charge on any atom is -0.790 e. The van der Waals surface area contributed by atoms with Crippen molar-refractivity contribution in [2.45, 2.75) is 45.2 Å². The zero-order valence-corrected chi connectivity index (χ0v) is 28.2. The number of carbonyl (C=O) groups excluding carboxylic acids is 4. The van der Waals surface area contributed by atoms with Crippen molar-refractivity contribution in [1.29, 1.82) is 0 Å². The van der Waals surface area contributed by atoms with Gasteiger partial charge in [-0.3, -0.25) is 19.2 Å². The van der Waals surface area contributed by atoms with E-state index in [4.69, 9.17) is 4.74 Å². The first-order valence-corrected chi connectivity index (χ1v) is 13.6. The van der Waals surface area contributed by atoms with Crippen molar-refractivity contribution in [3.05, 3.63) is 30.0 Å². The second-order valence-corrected chi connectivity index (χ2v) is 10.7. The van der Waals surface area contributed by atoms with Gasteiger partial charge < -0.3 is 44.5 Å². The summed E-state index contributed by atoms with van der Waals surface area (Å²) in [5, 5.41) is 8.50. The van der Waals surface area contributed by atoms with Crippen molar-refractivity contribution in [2.24, 2.45) is 11.8 Å². The molecular weight excluding hydrogens is 565 g/mol. The summed E-state index contributed by atoms with van der Waals surface area (Å²) >= 11 is 0. The van der Waals surface area contributed by atoms with Crippen LogP contribution in [0, 0.1) is 11.8 Å². The van der Waals surface area contributed by atoms with Crippen LogP contribution in [0.1, 0.15) is 43.6 Å². The molecule has 208 valence electrons. The predicted octanol–water partition coefficient (Wildman–Crippen LogP) is -6.25. The van der Waals surface area contributed by atoms with E-state index in [1.54, 1.807) is 24.3 Å². The smallest absolute Gasteiger partial charge is 0.790 e. The minimum absolute atomic E-state index is 0. The van der Waals surface area contributed by atoms with E-state index in [-0.39, 0.29) is 89.5 Å². The average molecular weight is 596 g/mol. The first-order valence-electron chi connectivity index (χ1n) is 12.1. The summed E-state index contributed by atoms with van der Waals surface area (Å²) in [5.41, 5.74) is 0.852. The molecule has 3 rings (SSSR count). The Balaban J connectivity index is 0.00000400. The van der Waals surface area contributed by atoms with Gasteiger partial charge in [-0.05, 0) is 43.4 Å². The van der Waals surface area contributed by atoms with Gasteiger partial charge in [0.1, 0.15) is 24.1 Å². The van der Waals surface area contributed by atoms with Crippen LogP contribution in [0.3, 0.4) is 0 Å². The first-order chi connectivity index (χ1) is 17.9. The van der Waals surface area contributed by atoms with Gasteiger partial charge in [0.25, 0.3) is 5.91 Å². The van der Waals surface area contributed by atoms with E-state index < -0.39 is 50.0 Å². The Hall–Kier alpha value is -1.25. The monoisotopic (exact) mass is 596 g/mol. The van der Waals surface area contributed by atoms with E-state index in [0.29, 0.717) is 29.6 Å². The van der Waals surface area contributed by atoms with E-state index in [0.717, 1.165) is 0 Å². The molecule has 0 bridgehead atoms. The molecule has 1 aromatic carbocycles. The standard InChI is InChI=1S/C24H33N4O9P.2Na/c1-13(2)9-18(28-24(32)19-11-15-16(26-19)5-4-6-21(15)36-3)23(31)27-17(10-14-7-8-25-22(14)30)20(29)12-37-38(33,34)35;;/h4-6,11,13-14,17-18,26H,7-10,12H2,1-3H3,(H,25,30)(H,27,31)(H,28,32)(H2,33,34,35);;/q;2*+1/p-2/t14-,17?,18?;;/m0../s1. The fourth-order valence-electron chi connectivity index (χ4n) is 4.31. The molecule has 1 aromatic heterocycles. The van der Waals surface area contributed by atoms with Crippen LogP contribution in [0.5, 0.6) is 5.75 Å².